The Morgan fingerprint density at radius 3 is 2.87 bits per heavy atom. The van der Waals surface area contributed by atoms with Gasteiger partial charge in [-0.15, -0.1) is 0 Å². The van der Waals surface area contributed by atoms with Crippen molar-refractivity contribution in [1.82, 2.24) is 4.57 Å². The van der Waals surface area contributed by atoms with Gasteiger partial charge in [-0.25, -0.2) is 0 Å². The number of nitrogens with two attached hydrogens (primary N) is 1. The molecule has 2 heterocycles. The minimum atomic E-state index is 0.283. The van der Waals surface area contributed by atoms with Gasteiger partial charge in [0.25, 0.3) is 0 Å². The molecule has 15 heavy (non-hydrogen) atoms. The van der Waals surface area contributed by atoms with Crippen molar-refractivity contribution >= 4 is 10.9 Å². The Balaban J connectivity index is 0.000000404. The Morgan fingerprint density at radius 2 is 2.07 bits per heavy atom. The highest BCUT2D eigenvalue weighted by molar-refractivity contribution is 5.84. The molecule has 0 spiro atoms. The van der Waals surface area contributed by atoms with Gasteiger partial charge in [0.1, 0.15) is 0 Å². The van der Waals surface area contributed by atoms with Gasteiger partial charge in [-0.1, -0.05) is 32.0 Å². The highest BCUT2D eigenvalue weighted by Gasteiger charge is 2.16. The smallest absolute Gasteiger partial charge is 0.0513 e. The van der Waals surface area contributed by atoms with E-state index in [0.29, 0.717) is 0 Å². The van der Waals surface area contributed by atoms with E-state index in [1.807, 2.05) is 13.8 Å². The average Bonchev–Trinajstić information content (AvgIpc) is 2.66. The third-order valence-corrected chi connectivity index (χ3v) is 2.79. The van der Waals surface area contributed by atoms with Gasteiger partial charge in [0, 0.05) is 18.8 Å². The molecular formula is C13H18N2. The molecule has 1 aliphatic rings. The van der Waals surface area contributed by atoms with E-state index in [1.165, 1.54) is 16.5 Å². The molecule has 1 aromatic heterocycles. The van der Waals surface area contributed by atoms with Crippen molar-refractivity contribution in [2.75, 3.05) is 0 Å². The second kappa shape index (κ2) is 4.07. The predicted octanol–water partition coefficient (Wildman–Crippen LogP) is 2.55. The number of nitrogens with zero attached hydrogens (tertiary/aromatic N) is 1. The van der Waals surface area contributed by atoms with E-state index in [0.717, 1.165) is 13.0 Å². The molecule has 0 saturated carbocycles. The molecular weight excluding hydrogens is 184 g/mol. The van der Waals surface area contributed by atoms with E-state index in [9.17, 15) is 0 Å². The van der Waals surface area contributed by atoms with E-state index in [2.05, 4.69) is 35.0 Å². The maximum absolute atomic E-state index is 5.96. The number of benzene rings is 1. The maximum Gasteiger partial charge on any atom is 0.0513 e. The minimum Gasteiger partial charge on any atom is -0.346 e. The molecule has 0 aliphatic carbocycles. The van der Waals surface area contributed by atoms with Crippen molar-refractivity contribution < 1.29 is 0 Å². The van der Waals surface area contributed by atoms with E-state index in [1.54, 1.807) is 0 Å². The van der Waals surface area contributed by atoms with Crippen LogP contribution in [-0.2, 0) is 13.0 Å². The van der Waals surface area contributed by atoms with Crippen molar-refractivity contribution in [2.45, 2.75) is 32.9 Å². The summed E-state index contributed by atoms with van der Waals surface area (Å²) >= 11 is 0. The van der Waals surface area contributed by atoms with Crippen LogP contribution in [-0.4, -0.2) is 10.6 Å². The Hall–Kier alpha value is -1.28. The zero-order valence-corrected chi connectivity index (χ0v) is 9.40. The second-order valence-corrected chi connectivity index (χ2v) is 3.79. The lowest BCUT2D eigenvalue weighted by atomic mass is 10.0. The van der Waals surface area contributed by atoms with Crippen molar-refractivity contribution in [3.05, 3.63) is 36.0 Å². The van der Waals surface area contributed by atoms with E-state index < -0.39 is 0 Å². The first-order valence-electron chi connectivity index (χ1n) is 5.67. The molecule has 1 aliphatic heterocycles. The molecule has 0 amide bonds. The summed E-state index contributed by atoms with van der Waals surface area (Å²) in [5.41, 5.74) is 8.73. The third-order valence-electron chi connectivity index (χ3n) is 2.79. The summed E-state index contributed by atoms with van der Waals surface area (Å²) in [7, 11) is 0. The third kappa shape index (κ3) is 1.65. The molecule has 2 nitrogen and oxygen atoms in total. The van der Waals surface area contributed by atoms with Gasteiger partial charge in [-0.05, 0) is 23.4 Å². The molecule has 1 aromatic carbocycles. The monoisotopic (exact) mass is 202 g/mol. The van der Waals surface area contributed by atoms with Crippen LogP contribution in [0.1, 0.15) is 19.4 Å². The van der Waals surface area contributed by atoms with Crippen LogP contribution in [0.25, 0.3) is 10.9 Å². The van der Waals surface area contributed by atoms with E-state index in [-0.39, 0.29) is 6.04 Å². The molecule has 1 atom stereocenters. The Labute approximate surface area is 90.7 Å². The number of para-hydroxylation sites is 1. The van der Waals surface area contributed by atoms with Crippen LogP contribution in [0.3, 0.4) is 0 Å². The molecule has 0 bridgehead atoms. The fraction of sp³-hybridized carbons (Fsp3) is 0.385. The van der Waals surface area contributed by atoms with Gasteiger partial charge in [0.2, 0.25) is 0 Å². The van der Waals surface area contributed by atoms with Gasteiger partial charge in [0.15, 0.2) is 0 Å². The SMILES string of the molecule is CC.NC1Cc2cccc3ccn(c23)C1. The summed E-state index contributed by atoms with van der Waals surface area (Å²) in [5.74, 6) is 0. The Bertz CT molecular complexity index is 457. The van der Waals surface area contributed by atoms with Crippen LogP contribution < -0.4 is 5.73 Å². The topological polar surface area (TPSA) is 30.9 Å². The largest absolute Gasteiger partial charge is 0.346 e. The summed E-state index contributed by atoms with van der Waals surface area (Å²) in [6, 6.07) is 8.89. The summed E-state index contributed by atoms with van der Waals surface area (Å²) in [4.78, 5) is 0. The standard InChI is InChI=1S/C11H12N2.C2H6/c12-10-6-9-3-1-2-8-4-5-13(7-10)11(8)9;1-2/h1-5,10H,6-7,12H2;1-2H3. The first-order valence-corrected chi connectivity index (χ1v) is 5.67. The molecule has 1 unspecified atom stereocenters. The Morgan fingerprint density at radius 1 is 1.27 bits per heavy atom. The summed E-state index contributed by atoms with van der Waals surface area (Å²) < 4.78 is 2.26. The van der Waals surface area contributed by atoms with Gasteiger partial charge >= 0.3 is 0 Å². The van der Waals surface area contributed by atoms with Crippen molar-refractivity contribution in [3.8, 4) is 0 Å². The van der Waals surface area contributed by atoms with Crippen LogP contribution in [0.15, 0.2) is 30.5 Å². The van der Waals surface area contributed by atoms with Crippen molar-refractivity contribution in [2.24, 2.45) is 5.73 Å². The van der Waals surface area contributed by atoms with Gasteiger partial charge in [-0.3, -0.25) is 0 Å². The highest BCUT2D eigenvalue weighted by atomic mass is 15.0. The lowest BCUT2D eigenvalue weighted by Crippen LogP contribution is -2.31. The molecule has 80 valence electrons. The zero-order valence-electron chi connectivity index (χ0n) is 9.40. The predicted molar refractivity (Wildman–Crippen MR) is 65.0 cm³/mol. The van der Waals surface area contributed by atoms with Gasteiger partial charge in [-0.2, -0.15) is 0 Å². The van der Waals surface area contributed by atoms with Crippen LogP contribution in [0, 0.1) is 0 Å². The summed E-state index contributed by atoms with van der Waals surface area (Å²) in [6.07, 6.45) is 3.15. The highest BCUT2D eigenvalue weighted by Crippen LogP contribution is 2.25. The number of aromatic nitrogens is 1. The lowest BCUT2D eigenvalue weighted by Gasteiger charge is -2.21. The lowest BCUT2D eigenvalue weighted by molar-refractivity contribution is 0.541. The number of hydrogen-bond acceptors (Lipinski definition) is 1. The average molecular weight is 202 g/mol. The Kier molecular flexibility index (Phi) is 2.78. The molecule has 2 aromatic rings. The molecule has 2 N–H and O–H groups in total. The first kappa shape index (κ1) is 10.2. The fourth-order valence-corrected chi connectivity index (χ4v) is 2.26. The van der Waals surface area contributed by atoms with Crippen molar-refractivity contribution in [1.29, 1.82) is 0 Å². The summed E-state index contributed by atoms with van der Waals surface area (Å²) in [6.45, 7) is 4.96. The van der Waals surface area contributed by atoms with Crippen LogP contribution >= 0.6 is 0 Å². The second-order valence-electron chi connectivity index (χ2n) is 3.79. The minimum absolute atomic E-state index is 0.283. The van der Waals surface area contributed by atoms with Crippen molar-refractivity contribution in [3.63, 3.8) is 0 Å². The maximum atomic E-state index is 5.96. The van der Waals surface area contributed by atoms with Crippen LogP contribution in [0.4, 0.5) is 0 Å². The van der Waals surface area contributed by atoms with Gasteiger partial charge < -0.3 is 10.3 Å². The summed E-state index contributed by atoms with van der Waals surface area (Å²) in [5, 5.41) is 1.34. The molecule has 0 saturated heterocycles. The molecule has 3 rings (SSSR count). The van der Waals surface area contributed by atoms with Crippen LogP contribution in [0.2, 0.25) is 0 Å². The normalized spacial score (nSPS) is 18.5. The quantitative estimate of drug-likeness (QED) is 0.699. The van der Waals surface area contributed by atoms with E-state index in [4.69, 9.17) is 5.73 Å². The zero-order chi connectivity index (χ0) is 10.8. The number of hydrogen-bond donors (Lipinski definition) is 1. The first-order chi connectivity index (χ1) is 7.34. The fourth-order valence-electron chi connectivity index (χ4n) is 2.26. The van der Waals surface area contributed by atoms with E-state index >= 15 is 0 Å². The van der Waals surface area contributed by atoms with Gasteiger partial charge in [0.05, 0.1) is 5.52 Å². The molecule has 0 radical (unpaired) electrons. The number of rotatable bonds is 0. The molecule has 2 heteroatoms. The molecule has 0 fully saturated rings. The van der Waals surface area contributed by atoms with Crippen LogP contribution in [0.5, 0.6) is 0 Å².